The minimum atomic E-state index is 0.399. The van der Waals surface area contributed by atoms with Gasteiger partial charge in [0, 0.05) is 4.91 Å². The second kappa shape index (κ2) is 19.6. The molecule has 0 aliphatic heterocycles. The van der Waals surface area contributed by atoms with Crippen LogP contribution in [0.1, 0.15) is 115 Å². The molecular formula is C25H43N3O. The Kier molecular flexibility index (Phi) is 17.2. The lowest BCUT2D eigenvalue weighted by Crippen LogP contribution is -1.97. The number of azide groups is 1. The summed E-state index contributed by atoms with van der Waals surface area (Å²) in [4.78, 5) is 2.77. The zero-order valence-electron chi connectivity index (χ0n) is 18.8. The molecule has 1 rings (SSSR count). The van der Waals surface area contributed by atoms with Gasteiger partial charge in [0.1, 0.15) is 5.75 Å². The molecule has 0 aromatic heterocycles. The summed E-state index contributed by atoms with van der Waals surface area (Å²) >= 11 is 0. The quantitative estimate of drug-likeness (QED) is 0.0929. The predicted molar refractivity (Wildman–Crippen MR) is 124 cm³/mol. The summed E-state index contributed by atoms with van der Waals surface area (Å²) in [5.41, 5.74) is 9.34. The molecule has 0 atom stereocenters. The fourth-order valence-corrected chi connectivity index (χ4v) is 3.64. The van der Waals surface area contributed by atoms with E-state index < -0.39 is 0 Å². The van der Waals surface area contributed by atoms with Gasteiger partial charge in [-0.3, -0.25) is 0 Å². The van der Waals surface area contributed by atoms with Gasteiger partial charge in [0.25, 0.3) is 0 Å². The molecule has 0 aliphatic carbocycles. The molecule has 0 spiro atoms. The summed E-state index contributed by atoms with van der Waals surface area (Å²) in [6.07, 6.45) is 22.2. The van der Waals surface area contributed by atoms with Gasteiger partial charge in [0.15, 0.2) is 0 Å². The number of nitrogens with zero attached hydrogens (tertiary/aromatic N) is 3. The molecular weight excluding hydrogens is 358 g/mol. The average Bonchev–Trinajstić information content (AvgIpc) is 2.75. The molecule has 0 N–H and O–H groups in total. The fraction of sp³-hybridized carbons (Fsp3) is 0.760. The number of benzene rings is 1. The van der Waals surface area contributed by atoms with Crippen molar-refractivity contribution < 1.29 is 4.74 Å². The van der Waals surface area contributed by atoms with Crippen molar-refractivity contribution in [3.8, 4) is 5.75 Å². The molecule has 1 aromatic carbocycles. The van der Waals surface area contributed by atoms with Crippen molar-refractivity contribution in [3.63, 3.8) is 0 Å². The summed E-state index contributed by atoms with van der Waals surface area (Å²) in [5.74, 6) is 0.899. The second-order valence-electron chi connectivity index (χ2n) is 8.18. The summed E-state index contributed by atoms with van der Waals surface area (Å²) in [7, 11) is 0. The van der Waals surface area contributed by atoms with E-state index in [9.17, 15) is 0 Å². The molecule has 0 saturated heterocycles. The normalized spacial score (nSPS) is 10.7. The first-order chi connectivity index (χ1) is 14.4. The lowest BCUT2D eigenvalue weighted by molar-refractivity contribution is 0.304. The summed E-state index contributed by atoms with van der Waals surface area (Å²) in [6, 6.07) is 7.82. The van der Waals surface area contributed by atoms with Gasteiger partial charge < -0.3 is 4.74 Å². The maximum Gasteiger partial charge on any atom is 0.119 e. The van der Waals surface area contributed by atoms with E-state index in [2.05, 4.69) is 16.9 Å². The van der Waals surface area contributed by atoms with E-state index in [-0.39, 0.29) is 0 Å². The van der Waals surface area contributed by atoms with Gasteiger partial charge in [-0.1, -0.05) is 120 Å². The van der Waals surface area contributed by atoms with Crippen LogP contribution in [0.4, 0.5) is 0 Å². The van der Waals surface area contributed by atoms with Crippen molar-refractivity contribution in [2.24, 2.45) is 5.11 Å². The maximum atomic E-state index is 8.33. The third-order valence-electron chi connectivity index (χ3n) is 5.51. The van der Waals surface area contributed by atoms with Crippen LogP contribution in [0.25, 0.3) is 10.4 Å². The third-order valence-corrected chi connectivity index (χ3v) is 5.51. The van der Waals surface area contributed by atoms with E-state index >= 15 is 0 Å². The molecule has 164 valence electrons. The van der Waals surface area contributed by atoms with E-state index in [1.54, 1.807) is 0 Å². The molecule has 29 heavy (non-hydrogen) atoms. The minimum absolute atomic E-state index is 0.399. The van der Waals surface area contributed by atoms with Gasteiger partial charge in [-0.2, -0.15) is 0 Å². The highest BCUT2D eigenvalue weighted by molar-refractivity contribution is 5.27. The molecule has 4 heteroatoms. The molecule has 0 amide bonds. The van der Waals surface area contributed by atoms with Crippen LogP contribution in [-0.2, 0) is 6.54 Å². The Bertz CT molecular complexity index is 523. The molecule has 0 heterocycles. The zero-order valence-corrected chi connectivity index (χ0v) is 18.8. The van der Waals surface area contributed by atoms with Crippen LogP contribution >= 0.6 is 0 Å². The summed E-state index contributed by atoms with van der Waals surface area (Å²) in [6.45, 7) is 3.47. The summed E-state index contributed by atoms with van der Waals surface area (Å²) in [5, 5.41) is 3.56. The van der Waals surface area contributed by atoms with Crippen LogP contribution in [0.3, 0.4) is 0 Å². The van der Waals surface area contributed by atoms with Gasteiger partial charge >= 0.3 is 0 Å². The van der Waals surface area contributed by atoms with Crippen molar-refractivity contribution in [1.29, 1.82) is 0 Å². The van der Waals surface area contributed by atoms with Crippen molar-refractivity contribution >= 4 is 0 Å². The number of rotatable bonds is 20. The number of hydrogen-bond donors (Lipinski definition) is 0. The SMILES string of the molecule is CCCCCCCCCCCCCCCCCCOc1ccc(CN=[N+]=[N-])cc1. The molecule has 0 saturated carbocycles. The molecule has 4 nitrogen and oxygen atoms in total. The highest BCUT2D eigenvalue weighted by Crippen LogP contribution is 2.15. The van der Waals surface area contributed by atoms with E-state index in [0.29, 0.717) is 6.54 Å². The van der Waals surface area contributed by atoms with Crippen LogP contribution < -0.4 is 4.74 Å². The average molecular weight is 402 g/mol. The summed E-state index contributed by atoms with van der Waals surface area (Å²) < 4.78 is 5.78. The Balaban J connectivity index is 1.80. The van der Waals surface area contributed by atoms with Crippen LogP contribution in [0.15, 0.2) is 29.4 Å². The van der Waals surface area contributed by atoms with Crippen molar-refractivity contribution in [3.05, 3.63) is 40.3 Å². The molecule has 1 aromatic rings. The Morgan fingerprint density at radius 1 is 0.690 bits per heavy atom. The van der Waals surface area contributed by atoms with Crippen LogP contribution in [-0.4, -0.2) is 6.61 Å². The van der Waals surface area contributed by atoms with Crippen molar-refractivity contribution in [2.75, 3.05) is 6.61 Å². The number of hydrogen-bond acceptors (Lipinski definition) is 2. The third kappa shape index (κ3) is 15.9. The standard InChI is InChI=1S/C25H43N3O/c1-2-3-4-5-6-7-8-9-10-11-12-13-14-15-16-17-22-29-25-20-18-24(19-21-25)23-27-28-26/h18-21H,2-17,22-23H2,1H3. The number of unbranched alkanes of at least 4 members (excludes halogenated alkanes) is 15. The lowest BCUT2D eigenvalue weighted by atomic mass is 10.0. The van der Waals surface area contributed by atoms with E-state index in [1.807, 2.05) is 24.3 Å². The Morgan fingerprint density at radius 2 is 1.14 bits per heavy atom. The van der Waals surface area contributed by atoms with Crippen LogP contribution in [0.5, 0.6) is 5.75 Å². The highest BCUT2D eigenvalue weighted by Gasteiger charge is 1.97. The van der Waals surface area contributed by atoms with Crippen LogP contribution in [0, 0.1) is 0 Å². The van der Waals surface area contributed by atoms with Crippen molar-refractivity contribution in [2.45, 2.75) is 116 Å². The number of ether oxygens (including phenoxy) is 1. The van der Waals surface area contributed by atoms with Gasteiger partial charge in [0.05, 0.1) is 13.2 Å². The molecule has 0 unspecified atom stereocenters. The molecule has 0 aliphatic rings. The largest absolute Gasteiger partial charge is 0.494 e. The Labute approximate surface area is 179 Å². The van der Waals surface area contributed by atoms with Gasteiger partial charge in [-0.15, -0.1) is 0 Å². The van der Waals surface area contributed by atoms with E-state index in [4.69, 9.17) is 10.3 Å². The zero-order chi connectivity index (χ0) is 20.8. The second-order valence-corrected chi connectivity index (χ2v) is 8.18. The molecule has 0 radical (unpaired) electrons. The Hall–Kier alpha value is -1.67. The first kappa shape index (κ1) is 25.4. The smallest absolute Gasteiger partial charge is 0.119 e. The van der Waals surface area contributed by atoms with E-state index in [0.717, 1.165) is 24.3 Å². The van der Waals surface area contributed by atoms with Crippen molar-refractivity contribution in [1.82, 2.24) is 0 Å². The Morgan fingerprint density at radius 3 is 1.59 bits per heavy atom. The lowest BCUT2D eigenvalue weighted by Gasteiger charge is -2.07. The van der Waals surface area contributed by atoms with E-state index in [1.165, 1.54) is 96.3 Å². The fourth-order valence-electron chi connectivity index (χ4n) is 3.64. The maximum absolute atomic E-state index is 8.33. The minimum Gasteiger partial charge on any atom is -0.494 e. The first-order valence-electron chi connectivity index (χ1n) is 12.1. The van der Waals surface area contributed by atoms with Gasteiger partial charge in [0.2, 0.25) is 0 Å². The highest BCUT2D eigenvalue weighted by atomic mass is 16.5. The monoisotopic (exact) mass is 401 g/mol. The topological polar surface area (TPSA) is 58.0 Å². The van der Waals surface area contributed by atoms with Crippen LogP contribution in [0.2, 0.25) is 0 Å². The molecule has 0 fully saturated rings. The van der Waals surface area contributed by atoms with Gasteiger partial charge in [-0.05, 0) is 29.6 Å². The molecule has 0 bridgehead atoms. The first-order valence-corrected chi connectivity index (χ1v) is 12.1. The predicted octanol–water partition coefficient (Wildman–Crippen LogP) is 9.14. The van der Waals surface area contributed by atoms with Gasteiger partial charge in [-0.25, -0.2) is 0 Å².